The topological polar surface area (TPSA) is 0 Å². The van der Waals surface area contributed by atoms with E-state index in [1.54, 1.807) is 0 Å². The van der Waals surface area contributed by atoms with Gasteiger partial charge in [0.2, 0.25) is 0 Å². The molecular formula is C16H26. The predicted molar refractivity (Wildman–Crippen MR) is 69.3 cm³/mol. The van der Waals surface area contributed by atoms with Gasteiger partial charge in [0.05, 0.1) is 0 Å². The molecule has 0 saturated heterocycles. The average molecular weight is 218 g/mol. The van der Waals surface area contributed by atoms with Gasteiger partial charge < -0.3 is 0 Å². The van der Waals surface area contributed by atoms with E-state index in [1.807, 2.05) is 5.57 Å². The van der Waals surface area contributed by atoms with E-state index in [0.29, 0.717) is 0 Å². The van der Waals surface area contributed by atoms with E-state index in [1.165, 1.54) is 70.6 Å². The highest BCUT2D eigenvalue weighted by Crippen LogP contribution is 2.40. The minimum absolute atomic E-state index is 0.982. The Morgan fingerprint density at radius 2 is 1.25 bits per heavy atom. The summed E-state index contributed by atoms with van der Waals surface area (Å²) < 4.78 is 0. The van der Waals surface area contributed by atoms with Gasteiger partial charge in [-0.3, -0.25) is 0 Å². The molecule has 0 aromatic carbocycles. The van der Waals surface area contributed by atoms with Gasteiger partial charge >= 0.3 is 0 Å². The van der Waals surface area contributed by atoms with Crippen LogP contribution in [-0.2, 0) is 0 Å². The first-order valence-corrected chi connectivity index (χ1v) is 7.60. The minimum atomic E-state index is 0.982. The van der Waals surface area contributed by atoms with Crippen molar-refractivity contribution < 1.29 is 0 Å². The molecular weight excluding hydrogens is 192 g/mol. The lowest BCUT2D eigenvalue weighted by molar-refractivity contribution is 0.279. The van der Waals surface area contributed by atoms with Crippen LogP contribution in [0.5, 0.6) is 0 Å². The van der Waals surface area contributed by atoms with Gasteiger partial charge in [0.1, 0.15) is 0 Å². The zero-order valence-electron chi connectivity index (χ0n) is 10.6. The Kier molecular flexibility index (Phi) is 3.35. The molecule has 16 heavy (non-hydrogen) atoms. The molecule has 0 N–H and O–H groups in total. The molecule has 3 aliphatic carbocycles. The van der Waals surface area contributed by atoms with Gasteiger partial charge in [0.15, 0.2) is 0 Å². The third-order valence-corrected chi connectivity index (χ3v) is 5.17. The largest absolute Gasteiger partial charge is 0.0822 e. The Bertz CT molecular complexity index is 233. The van der Waals surface area contributed by atoms with E-state index >= 15 is 0 Å². The summed E-state index contributed by atoms with van der Waals surface area (Å²) in [7, 11) is 0. The molecule has 90 valence electrons. The van der Waals surface area contributed by atoms with Crippen molar-refractivity contribution in [2.45, 2.75) is 70.6 Å². The monoisotopic (exact) mass is 218 g/mol. The van der Waals surface area contributed by atoms with Crippen molar-refractivity contribution in [2.24, 2.45) is 17.8 Å². The molecule has 0 heteroatoms. The average Bonchev–Trinajstić information content (AvgIpc) is 2.08. The highest BCUT2D eigenvalue weighted by molar-refractivity contribution is 5.09. The summed E-state index contributed by atoms with van der Waals surface area (Å²) in [5.74, 6) is 3.13. The highest BCUT2D eigenvalue weighted by atomic mass is 14.3. The zero-order valence-corrected chi connectivity index (χ0v) is 10.6. The molecule has 0 heterocycles. The zero-order chi connectivity index (χ0) is 10.8. The van der Waals surface area contributed by atoms with Gasteiger partial charge in [-0.15, -0.1) is 0 Å². The number of hydrogen-bond acceptors (Lipinski definition) is 0. The van der Waals surface area contributed by atoms with E-state index in [9.17, 15) is 0 Å². The van der Waals surface area contributed by atoms with Gasteiger partial charge in [0.25, 0.3) is 0 Å². The molecule has 3 rings (SSSR count). The second-order valence-electron chi connectivity index (χ2n) is 6.52. The summed E-state index contributed by atoms with van der Waals surface area (Å²) >= 11 is 0. The van der Waals surface area contributed by atoms with Crippen LogP contribution >= 0.6 is 0 Å². The van der Waals surface area contributed by atoms with Crippen LogP contribution in [0.4, 0.5) is 0 Å². The van der Waals surface area contributed by atoms with Crippen LogP contribution in [0, 0.1) is 17.8 Å². The van der Waals surface area contributed by atoms with Gasteiger partial charge in [0, 0.05) is 0 Å². The third kappa shape index (κ3) is 2.52. The second kappa shape index (κ2) is 4.94. The molecule has 0 atom stereocenters. The van der Waals surface area contributed by atoms with Gasteiger partial charge in [-0.25, -0.2) is 0 Å². The van der Waals surface area contributed by atoms with Crippen molar-refractivity contribution in [3.63, 3.8) is 0 Å². The first kappa shape index (κ1) is 10.9. The van der Waals surface area contributed by atoms with Gasteiger partial charge in [-0.1, -0.05) is 56.6 Å². The van der Waals surface area contributed by atoms with Crippen molar-refractivity contribution in [1.29, 1.82) is 0 Å². The Morgan fingerprint density at radius 1 is 0.750 bits per heavy atom. The Morgan fingerprint density at radius 3 is 1.56 bits per heavy atom. The molecule has 0 spiro atoms. The quantitative estimate of drug-likeness (QED) is 0.564. The molecule has 3 aliphatic rings. The van der Waals surface area contributed by atoms with Gasteiger partial charge in [-0.2, -0.15) is 0 Å². The lowest BCUT2D eigenvalue weighted by atomic mass is 9.74. The summed E-state index contributed by atoms with van der Waals surface area (Å²) in [5.41, 5.74) is 1.86. The fraction of sp³-hybridized carbons (Fsp3) is 0.875. The van der Waals surface area contributed by atoms with Crippen LogP contribution in [0.15, 0.2) is 11.6 Å². The van der Waals surface area contributed by atoms with E-state index < -0.39 is 0 Å². The van der Waals surface area contributed by atoms with Crippen LogP contribution in [0.25, 0.3) is 0 Å². The molecule has 0 amide bonds. The fourth-order valence-corrected chi connectivity index (χ4v) is 3.29. The standard InChI is InChI=1S/C16H26/c1-4-13(5-1)10-16(11-14-6-2-7-14)12-15-8-3-9-15/h10,13-15H,1-9,11-12H2. The normalized spacial score (nSPS) is 26.8. The summed E-state index contributed by atoms with van der Waals surface area (Å²) in [4.78, 5) is 0. The third-order valence-electron chi connectivity index (χ3n) is 5.17. The van der Waals surface area contributed by atoms with Crippen LogP contribution in [0.1, 0.15) is 70.6 Å². The second-order valence-corrected chi connectivity index (χ2v) is 6.52. The highest BCUT2D eigenvalue weighted by Gasteiger charge is 2.24. The van der Waals surface area contributed by atoms with E-state index in [4.69, 9.17) is 0 Å². The van der Waals surface area contributed by atoms with Gasteiger partial charge in [-0.05, 0) is 43.4 Å². The van der Waals surface area contributed by atoms with Crippen molar-refractivity contribution in [2.75, 3.05) is 0 Å². The first-order valence-electron chi connectivity index (χ1n) is 7.60. The predicted octanol–water partition coefficient (Wildman–Crippen LogP) is 5.09. The minimum Gasteiger partial charge on any atom is -0.0822 e. The van der Waals surface area contributed by atoms with E-state index in [2.05, 4.69) is 6.08 Å². The molecule has 0 nitrogen and oxygen atoms in total. The Hall–Kier alpha value is -0.260. The van der Waals surface area contributed by atoms with Crippen LogP contribution in [0.2, 0.25) is 0 Å². The molecule has 0 radical (unpaired) electrons. The van der Waals surface area contributed by atoms with E-state index in [0.717, 1.165) is 17.8 Å². The van der Waals surface area contributed by atoms with Crippen LogP contribution < -0.4 is 0 Å². The van der Waals surface area contributed by atoms with Crippen molar-refractivity contribution in [3.8, 4) is 0 Å². The van der Waals surface area contributed by atoms with Crippen molar-refractivity contribution >= 4 is 0 Å². The van der Waals surface area contributed by atoms with Crippen LogP contribution in [0.3, 0.4) is 0 Å². The van der Waals surface area contributed by atoms with Crippen molar-refractivity contribution in [1.82, 2.24) is 0 Å². The molecule has 0 aliphatic heterocycles. The fourth-order valence-electron chi connectivity index (χ4n) is 3.29. The molecule has 0 bridgehead atoms. The molecule has 0 aromatic rings. The van der Waals surface area contributed by atoms with Crippen LogP contribution in [-0.4, -0.2) is 0 Å². The smallest absolute Gasteiger partial charge is 0.0231 e. The number of rotatable bonds is 5. The SMILES string of the molecule is C(=C(CC1CCC1)CC1CCC1)C1CCC1. The molecule has 0 aromatic heterocycles. The van der Waals surface area contributed by atoms with Crippen molar-refractivity contribution in [3.05, 3.63) is 11.6 Å². The number of hydrogen-bond donors (Lipinski definition) is 0. The maximum Gasteiger partial charge on any atom is -0.0231 e. The number of allylic oxidation sites excluding steroid dienone is 2. The summed E-state index contributed by atoms with van der Waals surface area (Å²) in [5, 5.41) is 0. The summed E-state index contributed by atoms with van der Waals surface area (Å²) in [6.45, 7) is 0. The summed E-state index contributed by atoms with van der Waals surface area (Å²) in [6.07, 6.45) is 19.2. The molecule has 3 fully saturated rings. The maximum atomic E-state index is 2.69. The van der Waals surface area contributed by atoms with E-state index in [-0.39, 0.29) is 0 Å². The molecule has 3 saturated carbocycles. The Balaban J connectivity index is 1.54. The maximum absolute atomic E-state index is 2.69. The summed E-state index contributed by atoms with van der Waals surface area (Å²) in [6, 6.07) is 0. The molecule has 0 unspecified atom stereocenters. The first-order chi connectivity index (χ1) is 7.90. The Labute approximate surface area is 101 Å². The lowest BCUT2D eigenvalue weighted by Crippen LogP contribution is -2.17. The lowest BCUT2D eigenvalue weighted by Gasteiger charge is -2.32.